The number of nitrogens with one attached hydrogen (secondary N) is 2. The molecule has 0 radical (unpaired) electrons. The predicted molar refractivity (Wildman–Crippen MR) is 115 cm³/mol. The molecule has 7 heteroatoms. The van der Waals surface area contributed by atoms with Crippen molar-refractivity contribution in [1.29, 1.82) is 0 Å². The highest BCUT2D eigenvalue weighted by molar-refractivity contribution is 9.10. The second-order valence-corrected chi connectivity index (χ2v) is 7.60. The number of aromatic amines is 1. The first-order chi connectivity index (χ1) is 13.0. The third kappa shape index (κ3) is 5.14. The summed E-state index contributed by atoms with van der Waals surface area (Å²) >= 11 is 8.68. The van der Waals surface area contributed by atoms with Crippen molar-refractivity contribution in [2.75, 3.05) is 5.32 Å². The number of rotatable bonds is 7. The van der Waals surface area contributed by atoms with Gasteiger partial charge in [-0.05, 0) is 61.5 Å². The van der Waals surface area contributed by atoms with Gasteiger partial charge in [0.2, 0.25) is 5.91 Å². The molecule has 27 heavy (non-hydrogen) atoms. The van der Waals surface area contributed by atoms with E-state index in [1.54, 1.807) is 10.6 Å². The first-order valence-corrected chi connectivity index (χ1v) is 10.0. The van der Waals surface area contributed by atoms with Crippen LogP contribution in [0.1, 0.15) is 25.7 Å². The summed E-state index contributed by atoms with van der Waals surface area (Å²) in [7, 11) is 0. The van der Waals surface area contributed by atoms with E-state index in [9.17, 15) is 9.59 Å². The smallest absolute Gasteiger partial charge is 0.262 e. The molecule has 0 aliphatic heterocycles. The van der Waals surface area contributed by atoms with Gasteiger partial charge in [0.25, 0.3) is 5.56 Å². The minimum Gasteiger partial charge on any atom is -0.332 e. The Labute approximate surface area is 170 Å². The molecular weight excluding hydrogens is 426 g/mol. The lowest BCUT2D eigenvalue weighted by molar-refractivity contribution is -0.116. The number of carbonyl (C=O) groups is 1. The van der Waals surface area contributed by atoms with Gasteiger partial charge < -0.3 is 10.3 Å². The normalized spacial score (nSPS) is 10.9. The van der Waals surface area contributed by atoms with Gasteiger partial charge in [-0.1, -0.05) is 34.5 Å². The molecule has 5 nitrogen and oxygen atoms in total. The highest BCUT2D eigenvalue weighted by Crippen LogP contribution is 2.15. The van der Waals surface area contributed by atoms with Crippen LogP contribution in [0.15, 0.2) is 57.8 Å². The van der Waals surface area contributed by atoms with Crippen LogP contribution in [-0.4, -0.2) is 15.5 Å². The minimum atomic E-state index is -0.0673. The van der Waals surface area contributed by atoms with Gasteiger partial charge in [-0.25, -0.2) is 0 Å². The number of hydrogen-bond acceptors (Lipinski definition) is 3. The third-order valence-corrected chi connectivity index (χ3v) is 5.15. The van der Waals surface area contributed by atoms with Crippen LogP contribution in [0.25, 0.3) is 10.9 Å². The van der Waals surface area contributed by atoms with Crippen molar-refractivity contribution in [3.05, 3.63) is 68.1 Å². The number of carbonyl (C=O) groups excluding carboxylic acids is 1. The van der Waals surface area contributed by atoms with Gasteiger partial charge in [0.15, 0.2) is 4.77 Å². The Kier molecular flexibility index (Phi) is 6.58. The van der Waals surface area contributed by atoms with Gasteiger partial charge in [0, 0.05) is 23.1 Å². The molecular formula is C20H20BrN3O2S. The van der Waals surface area contributed by atoms with E-state index in [0.29, 0.717) is 23.1 Å². The Hall–Kier alpha value is -2.25. The second kappa shape index (κ2) is 9.10. The molecule has 0 saturated heterocycles. The summed E-state index contributed by atoms with van der Waals surface area (Å²) in [6.45, 7) is 0.549. The van der Waals surface area contributed by atoms with Crippen molar-refractivity contribution in [2.24, 2.45) is 0 Å². The zero-order valence-corrected chi connectivity index (χ0v) is 17.1. The first kappa shape index (κ1) is 19.5. The van der Waals surface area contributed by atoms with Crippen LogP contribution in [-0.2, 0) is 11.3 Å². The molecule has 1 heterocycles. The summed E-state index contributed by atoms with van der Waals surface area (Å²) in [6, 6.07) is 14.9. The lowest BCUT2D eigenvalue weighted by Gasteiger charge is -2.08. The fraction of sp³-hybridized carbons (Fsp3) is 0.250. The van der Waals surface area contributed by atoms with Gasteiger partial charge >= 0.3 is 0 Å². The molecule has 2 N–H and O–H groups in total. The van der Waals surface area contributed by atoms with Crippen LogP contribution in [0, 0.1) is 4.77 Å². The van der Waals surface area contributed by atoms with E-state index in [1.165, 1.54) is 0 Å². The Morgan fingerprint density at radius 1 is 1.07 bits per heavy atom. The monoisotopic (exact) mass is 445 g/mol. The Balaban J connectivity index is 1.48. The van der Waals surface area contributed by atoms with E-state index >= 15 is 0 Å². The predicted octanol–water partition coefficient (Wildman–Crippen LogP) is 5.02. The highest BCUT2D eigenvalue weighted by atomic mass is 79.9. The van der Waals surface area contributed by atoms with E-state index in [-0.39, 0.29) is 11.5 Å². The Bertz CT molecular complexity index is 1060. The van der Waals surface area contributed by atoms with Crippen LogP contribution in [0.2, 0.25) is 0 Å². The molecule has 1 amide bonds. The number of para-hydroxylation sites is 1. The fourth-order valence-corrected chi connectivity index (χ4v) is 3.44. The number of benzene rings is 2. The number of anilines is 1. The molecule has 0 aliphatic carbocycles. The van der Waals surface area contributed by atoms with Crippen molar-refractivity contribution >= 4 is 50.6 Å². The third-order valence-electron chi connectivity index (χ3n) is 4.30. The van der Waals surface area contributed by atoms with E-state index in [1.807, 2.05) is 42.5 Å². The Morgan fingerprint density at radius 3 is 2.59 bits per heavy atom. The fourth-order valence-electron chi connectivity index (χ4n) is 2.89. The van der Waals surface area contributed by atoms with Crippen LogP contribution >= 0.6 is 28.1 Å². The number of fused-ring (bicyclic) bond motifs is 1. The topological polar surface area (TPSA) is 66.9 Å². The zero-order valence-electron chi connectivity index (χ0n) is 14.7. The van der Waals surface area contributed by atoms with E-state index in [4.69, 9.17) is 12.2 Å². The van der Waals surface area contributed by atoms with E-state index in [2.05, 4.69) is 26.2 Å². The van der Waals surface area contributed by atoms with Crippen molar-refractivity contribution in [3.8, 4) is 0 Å². The molecule has 0 atom stereocenters. The van der Waals surface area contributed by atoms with Crippen molar-refractivity contribution in [1.82, 2.24) is 9.55 Å². The maximum absolute atomic E-state index is 12.6. The van der Waals surface area contributed by atoms with E-state index in [0.717, 1.165) is 34.9 Å². The molecule has 0 fully saturated rings. The van der Waals surface area contributed by atoms with Gasteiger partial charge in [0.1, 0.15) is 0 Å². The average molecular weight is 446 g/mol. The molecule has 0 bridgehead atoms. The molecule has 3 rings (SSSR count). The summed E-state index contributed by atoms with van der Waals surface area (Å²) in [5.41, 5.74) is 1.48. The zero-order chi connectivity index (χ0) is 19.2. The number of aromatic nitrogens is 2. The number of nitrogens with zero attached hydrogens (tertiary/aromatic N) is 1. The molecule has 0 unspecified atom stereocenters. The lowest BCUT2D eigenvalue weighted by atomic mass is 10.2. The summed E-state index contributed by atoms with van der Waals surface area (Å²) in [6.07, 6.45) is 2.86. The molecule has 0 aliphatic rings. The van der Waals surface area contributed by atoms with Crippen LogP contribution in [0.4, 0.5) is 5.69 Å². The summed E-state index contributed by atoms with van der Waals surface area (Å²) in [5.74, 6) is -0.00233. The highest BCUT2D eigenvalue weighted by Gasteiger charge is 2.06. The number of H-pyrrole nitrogens is 1. The molecule has 3 aromatic rings. The number of unbranched alkanes of at least 4 members (excludes halogenated alkanes) is 2. The van der Waals surface area contributed by atoms with Crippen LogP contribution in [0.3, 0.4) is 0 Å². The summed E-state index contributed by atoms with van der Waals surface area (Å²) < 4.78 is 3.01. The quantitative estimate of drug-likeness (QED) is 0.396. The van der Waals surface area contributed by atoms with Gasteiger partial charge in [0.05, 0.1) is 10.9 Å². The van der Waals surface area contributed by atoms with Crippen LogP contribution < -0.4 is 10.9 Å². The second-order valence-electron chi connectivity index (χ2n) is 6.30. The number of amides is 1. The van der Waals surface area contributed by atoms with Crippen molar-refractivity contribution in [3.63, 3.8) is 0 Å². The maximum atomic E-state index is 12.6. The lowest BCUT2D eigenvalue weighted by Crippen LogP contribution is -2.22. The summed E-state index contributed by atoms with van der Waals surface area (Å²) in [5, 5.41) is 3.52. The first-order valence-electron chi connectivity index (χ1n) is 8.82. The Morgan fingerprint density at radius 2 is 1.81 bits per heavy atom. The standard InChI is InChI=1S/C20H20BrN3O2S/c21-14-9-11-15(12-10-14)22-18(25)8-2-1-5-13-24-19(26)16-6-3-4-7-17(16)23-20(24)27/h3-4,6-7,9-12H,1-2,5,8,13H2,(H,22,25)(H,23,27). The summed E-state index contributed by atoms with van der Waals surface area (Å²) in [4.78, 5) is 27.6. The number of halogens is 1. The van der Waals surface area contributed by atoms with Gasteiger partial charge in [-0.15, -0.1) is 0 Å². The SMILES string of the molecule is O=C(CCCCCn1c(=S)[nH]c2ccccc2c1=O)Nc1ccc(Br)cc1. The van der Waals surface area contributed by atoms with Crippen molar-refractivity contribution in [2.45, 2.75) is 32.2 Å². The molecule has 2 aromatic carbocycles. The maximum Gasteiger partial charge on any atom is 0.262 e. The number of hydrogen-bond donors (Lipinski definition) is 2. The largest absolute Gasteiger partial charge is 0.332 e. The molecule has 1 aromatic heterocycles. The van der Waals surface area contributed by atoms with E-state index < -0.39 is 0 Å². The molecule has 0 spiro atoms. The average Bonchev–Trinajstić information content (AvgIpc) is 2.65. The van der Waals surface area contributed by atoms with Gasteiger partial charge in [-0.3, -0.25) is 14.2 Å². The molecule has 0 saturated carbocycles. The van der Waals surface area contributed by atoms with Crippen LogP contribution in [0.5, 0.6) is 0 Å². The molecule has 140 valence electrons. The van der Waals surface area contributed by atoms with Gasteiger partial charge in [-0.2, -0.15) is 0 Å². The minimum absolute atomic E-state index is 0.00233. The van der Waals surface area contributed by atoms with Crippen molar-refractivity contribution < 1.29 is 4.79 Å².